The van der Waals surface area contributed by atoms with Crippen LogP contribution in [0.5, 0.6) is 0 Å². The number of nitrogens with one attached hydrogen (secondary N) is 1. The van der Waals surface area contributed by atoms with Gasteiger partial charge in [0.1, 0.15) is 0 Å². The first kappa shape index (κ1) is 18.0. The monoisotopic (exact) mass is 366 g/mol. The van der Waals surface area contributed by atoms with Gasteiger partial charge in [0.05, 0.1) is 23.7 Å². The number of hydrogen-bond acceptors (Lipinski definition) is 4. The number of aromatic nitrogens is 2. The molecule has 25 heavy (non-hydrogen) atoms. The molecule has 3 rings (SSSR count). The molecule has 0 aromatic carbocycles. The number of amides is 2. The van der Waals surface area contributed by atoms with E-state index in [9.17, 15) is 13.2 Å². The average Bonchev–Trinajstić information content (AvgIpc) is 3.25. The number of aryl methyl sites for hydroxylation is 1. The van der Waals surface area contributed by atoms with E-state index < -0.39 is 15.9 Å². The highest BCUT2D eigenvalue weighted by Crippen LogP contribution is 2.27. The molecule has 0 radical (unpaired) electrons. The normalized spacial score (nSPS) is 22.7. The van der Waals surface area contributed by atoms with Crippen molar-refractivity contribution in [2.24, 2.45) is 0 Å². The van der Waals surface area contributed by atoms with Gasteiger partial charge >= 0.3 is 6.03 Å². The summed E-state index contributed by atoms with van der Waals surface area (Å²) in [5.41, 5.74) is 2.18. The Kier molecular flexibility index (Phi) is 5.46. The third kappa shape index (κ3) is 4.42. The van der Waals surface area contributed by atoms with Gasteiger partial charge in [-0.3, -0.25) is 4.68 Å². The summed E-state index contributed by atoms with van der Waals surface area (Å²) in [6, 6.07) is -0.660. The molecule has 1 N–H and O–H groups in total. The molecular formula is C17H26N4O3S. The molecule has 1 aliphatic heterocycles. The van der Waals surface area contributed by atoms with Gasteiger partial charge in [-0.1, -0.05) is 11.6 Å². The fourth-order valence-corrected chi connectivity index (χ4v) is 4.94. The van der Waals surface area contributed by atoms with Gasteiger partial charge in [-0.25, -0.2) is 13.2 Å². The predicted octanol–water partition coefficient (Wildman–Crippen LogP) is 1.88. The van der Waals surface area contributed by atoms with Crippen LogP contribution in [0.1, 0.15) is 44.2 Å². The Morgan fingerprint density at radius 3 is 2.96 bits per heavy atom. The predicted molar refractivity (Wildman–Crippen MR) is 96.0 cm³/mol. The maximum absolute atomic E-state index is 12.6. The van der Waals surface area contributed by atoms with E-state index in [0.717, 1.165) is 24.8 Å². The van der Waals surface area contributed by atoms with Crippen LogP contribution in [-0.4, -0.2) is 53.7 Å². The molecule has 0 bridgehead atoms. The van der Waals surface area contributed by atoms with E-state index in [1.165, 1.54) is 12.0 Å². The zero-order valence-corrected chi connectivity index (χ0v) is 15.5. The summed E-state index contributed by atoms with van der Waals surface area (Å²) in [6.07, 6.45) is 10.1. The number of sulfone groups is 1. The summed E-state index contributed by atoms with van der Waals surface area (Å²) in [7, 11) is -3.15. The van der Waals surface area contributed by atoms with Crippen molar-refractivity contribution in [3.63, 3.8) is 0 Å². The van der Waals surface area contributed by atoms with Crippen molar-refractivity contribution in [1.29, 1.82) is 0 Å². The lowest BCUT2D eigenvalue weighted by Crippen LogP contribution is -2.50. The van der Waals surface area contributed by atoms with Gasteiger partial charge in [-0.05, 0) is 32.6 Å². The fourth-order valence-electron chi connectivity index (χ4n) is 3.45. The van der Waals surface area contributed by atoms with E-state index in [4.69, 9.17) is 0 Å². The number of carbonyl (C=O) groups is 1. The molecule has 0 saturated carbocycles. The molecule has 1 aromatic heterocycles. The second-order valence-electron chi connectivity index (χ2n) is 6.69. The highest BCUT2D eigenvalue weighted by Gasteiger charge is 2.35. The SMILES string of the molecule is CCn1cc([C@H]2CS(=O)(=O)CCN2C(=O)NCCC2=CCCC2)cn1. The average molecular weight is 366 g/mol. The van der Waals surface area contributed by atoms with E-state index in [2.05, 4.69) is 16.5 Å². The molecule has 1 saturated heterocycles. The number of nitrogens with zero attached hydrogens (tertiary/aromatic N) is 3. The number of rotatable bonds is 5. The molecule has 2 amide bonds. The van der Waals surface area contributed by atoms with Crippen molar-refractivity contribution in [3.8, 4) is 0 Å². The summed E-state index contributed by atoms with van der Waals surface area (Å²) in [5.74, 6) is -0.0228. The first-order chi connectivity index (χ1) is 12.0. The van der Waals surface area contributed by atoms with Crippen molar-refractivity contribution in [1.82, 2.24) is 20.0 Å². The minimum absolute atomic E-state index is 0.0178. The molecule has 0 spiro atoms. The molecule has 138 valence electrons. The molecule has 1 aromatic rings. The Hall–Kier alpha value is -1.83. The van der Waals surface area contributed by atoms with Gasteiger partial charge in [0.25, 0.3) is 0 Å². The lowest BCUT2D eigenvalue weighted by atomic mass is 10.1. The maximum atomic E-state index is 12.6. The molecular weight excluding hydrogens is 340 g/mol. The Morgan fingerprint density at radius 2 is 2.28 bits per heavy atom. The zero-order chi connectivity index (χ0) is 17.9. The Bertz CT molecular complexity index is 754. The van der Waals surface area contributed by atoms with Crippen LogP contribution in [0.15, 0.2) is 24.0 Å². The van der Waals surface area contributed by atoms with Crippen molar-refractivity contribution in [2.45, 2.75) is 45.2 Å². The molecule has 7 nitrogen and oxygen atoms in total. The van der Waals surface area contributed by atoms with Crippen LogP contribution >= 0.6 is 0 Å². The molecule has 2 aliphatic rings. The highest BCUT2D eigenvalue weighted by atomic mass is 32.2. The zero-order valence-electron chi connectivity index (χ0n) is 14.6. The molecule has 0 unspecified atom stereocenters. The quantitative estimate of drug-likeness (QED) is 0.807. The van der Waals surface area contributed by atoms with E-state index >= 15 is 0 Å². The summed E-state index contributed by atoms with van der Waals surface area (Å²) in [6.45, 7) is 3.49. The fraction of sp³-hybridized carbons (Fsp3) is 0.647. The lowest BCUT2D eigenvalue weighted by Gasteiger charge is -2.35. The van der Waals surface area contributed by atoms with Gasteiger partial charge in [0.2, 0.25) is 0 Å². The highest BCUT2D eigenvalue weighted by molar-refractivity contribution is 7.91. The molecule has 1 atom stereocenters. The van der Waals surface area contributed by atoms with Crippen molar-refractivity contribution >= 4 is 15.9 Å². The smallest absolute Gasteiger partial charge is 0.317 e. The molecule has 1 fully saturated rings. The van der Waals surface area contributed by atoms with Crippen LogP contribution in [0.2, 0.25) is 0 Å². The summed E-state index contributed by atoms with van der Waals surface area (Å²) in [5, 5.41) is 7.17. The van der Waals surface area contributed by atoms with Crippen LogP contribution < -0.4 is 5.32 Å². The Morgan fingerprint density at radius 1 is 1.44 bits per heavy atom. The summed E-state index contributed by atoms with van der Waals surface area (Å²) in [4.78, 5) is 14.3. The van der Waals surface area contributed by atoms with Gasteiger partial charge in [0.15, 0.2) is 9.84 Å². The standard InChI is InChI=1S/C17H26N4O3S/c1-2-20-12-15(11-19-20)16-13-25(23,24)10-9-21(16)17(22)18-8-7-14-5-3-4-6-14/h5,11-12,16H,2-4,6-10,13H2,1H3,(H,18,22)/t16-/m1/s1. The largest absolute Gasteiger partial charge is 0.338 e. The van der Waals surface area contributed by atoms with Crippen LogP contribution in [0.4, 0.5) is 4.79 Å². The van der Waals surface area contributed by atoms with Gasteiger partial charge in [0, 0.05) is 31.4 Å². The third-order valence-corrected chi connectivity index (χ3v) is 6.54. The van der Waals surface area contributed by atoms with Crippen molar-refractivity contribution in [3.05, 3.63) is 29.6 Å². The van der Waals surface area contributed by atoms with Crippen molar-refractivity contribution < 1.29 is 13.2 Å². The Balaban J connectivity index is 1.66. The Labute approximate surface area is 149 Å². The minimum atomic E-state index is -3.15. The first-order valence-electron chi connectivity index (χ1n) is 8.93. The van der Waals surface area contributed by atoms with E-state index in [1.54, 1.807) is 15.8 Å². The number of allylic oxidation sites excluding steroid dienone is 1. The van der Waals surface area contributed by atoms with E-state index in [0.29, 0.717) is 13.1 Å². The van der Waals surface area contributed by atoms with Crippen LogP contribution in [0.3, 0.4) is 0 Å². The van der Waals surface area contributed by atoms with Gasteiger partial charge < -0.3 is 10.2 Å². The topological polar surface area (TPSA) is 84.3 Å². The van der Waals surface area contributed by atoms with Crippen molar-refractivity contribution in [2.75, 3.05) is 24.6 Å². The molecule has 8 heteroatoms. The number of hydrogen-bond donors (Lipinski definition) is 1. The van der Waals surface area contributed by atoms with Crippen LogP contribution in [-0.2, 0) is 16.4 Å². The number of urea groups is 1. The maximum Gasteiger partial charge on any atom is 0.317 e. The van der Waals surface area contributed by atoms with Gasteiger partial charge in [-0.2, -0.15) is 5.10 Å². The summed E-state index contributed by atoms with van der Waals surface area (Å²) < 4.78 is 25.9. The van der Waals surface area contributed by atoms with Crippen LogP contribution in [0.25, 0.3) is 0 Å². The van der Waals surface area contributed by atoms with Gasteiger partial charge in [-0.15, -0.1) is 0 Å². The molecule has 2 heterocycles. The first-order valence-corrected chi connectivity index (χ1v) is 10.8. The lowest BCUT2D eigenvalue weighted by molar-refractivity contribution is 0.181. The van der Waals surface area contributed by atoms with Crippen LogP contribution in [0, 0.1) is 0 Å². The minimum Gasteiger partial charge on any atom is -0.338 e. The third-order valence-electron chi connectivity index (χ3n) is 4.91. The molecule has 1 aliphatic carbocycles. The summed E-state index contributed by atoms with van der Waals surface area (Å²) >= 11 is 0. The second kappa shape index (κ2) is 7.59. The second-order valence-corrected chi connectivity index (χ2v) is 8.92. The van der Waals surface area contributed by atoms with E-state index in [1.807, 2.05) is 13.1 Å². The van der Waals surface area contributed by atoms with E-state index in [-0.39, 0.29) is 24.1 Å². The number of carbonyl (C=O) groups excluding carboxylic acids is 1.